The first-order valence-corrected chi connectivity index (χ1v) is 30.7. The first-order valence-electron chi connectivity index (χ1n) is 30.7. The van der Waals surface area contributed by atoms with Crippen molar-refractivity contribution in [3.63, 3.8) is 0 Å². The topological polar surface area (TPSA) is 24.7 Å². The van der Waals surface area contributed by atoms with Crippen molar-refractivity contribution in [1.29, 1.82) is 0 Å². The SMILES string of the molecule is CCCCCCCCCCCCCCCCC/C=C/CCCc1ccccc1/N=C(\C=N\c1ccccc1)CCCCCCCCCCCCCCCCCCCCCCCCCCCCCC.[Ni]. The van der Waals surface area contributed by atoms with Crippen molar-refractivity contribution in [3.05, 3.63) is 72.3 Å². The molecule has 0 N–H and O–H groups in total. The minimum atomic E-state index is 0. The molecular formula is C66H114N2Ni. The molecule has 0 aliphatic carbocycles. The summed E-state index contributed by atoms with van der Waals surface area (Å²) in [4.78, 5) is 10.1. The summed E-state index contributed by atoms with van der Waals surface area (Å²) in [6.45, 7) is 4.62. The van der Waals surface area contributed by atoms with E-state index >= 15 is 0 Å². The number of para-hydroxylation sites is 2. The molecule has 2 aromatic rings. The zero-order valence-corrected chi connectivity index (χ0v) is 47.1. The number of allylic oxidation sites excluding steroid dienone is 2. The standard InChI is InChI=1S/C66H114N2.Ni/c1-3-5-7-9-11-13-15-17-19-21-23-25-26-27-28-29-30-31-32-34-36-38-40-42-44-46-48-51-60-65(62-67-64-58-52-49-53-59-64)68-66-61-55-54-57-63(66)56-50-47-45-43-41-39-37-35-33-24-22-20-18-16-14-12-10-8-6-4-2;/h43,45,49,52-55,57-59,61-62H,3-42,44,46-48,50-51,56,60H2,1-2H3;/b45-43+,67-62+,68-65-;. The van der Waals surface area contributed by atoms with Crippen molar-refractivity contribution in [3.8, 4) is 0 Å². The van der Waals surface area contributed by atoms with E-state index in [0.29, 0.717) is 0 Å². The number of nitrogens with zero attached hydrogens (tertiary/aromatic N) is 2. The maximum absolute atomic E-state index is 5.26. The third-order valence-electron chi connectivity index (χ3n) is 14.6. The molecule has 0 radical (unpaired) electrons. The zero-order valence-electron chi connectivity index (χ0n) is 46.1. The molecule has 0 saturated heterocycles. The molecule has 0 heterocycles. The van der Waals surface area contributed by atoms with Crippen molar-refractivity contribution in [1.82, 2.24) is 0 Å². The molecule has 3 heteroatoms. The van der Waals surface area contributed by atoms with E-state index in [1.807, 2.05) is 6.21 Å². The van der Waals surface area contributed by atoms with Crippen LogP contribution in [-0.4, -0.2) is 11.9 Å². The van der Waals surface area contributed by atoms with Gasteiger partial charge in [-0.3, -0.25) is 9.98 Å². The average Bonchev–Trinajstić information content (AvgIpc) is 3.36. The van der Waals surface area contributed by atoms with Gasteiger partial charge in [0.2, 0.25) is 0 Å². The van der Waals surface area contributed by atoms with Gasteiger partial charge in [-0.1, -0.05) is 326 Å². The van der Waals surface area contributed by atoms with Gasteiger partial charge < -0.3 is 0 Å². The van der Waals surface area contributed by atoms with Crippen LogP contribution in [-0.2, 0) is 22.9 Å². The Bertz CT molecular complexity index is 1400. The summed E-state index contributed by atoms with van der Waals surface area (Å²) in [6.07, 6.45) is 74.2. The summed E-state index contributed by atoms with van der Waals surface area (Å²) in [6, 6.07) is 19.2. The Morgan fingerprint density at radius 2 is 0.667 bits per heavy atom. The molecule has 0 aromatic heterocycles. The maximum Gasteiger partial charge on any atom is 0.0665 e. The van der Waals surface area contributed by atoms with E-state index in [0.717, 1.165) is 36.3 Å². The zero-order chi connectivity index (χ0) is 48.2. The van der Waals surface area contributed by atoms with Gasteiger partial charge in [-0.2, -0.15) is 0 Å². The first-order chi connectivity index (χ1) is 33.8. The van der Waals surface area contributed by atoms with E-state index in [1.54, 1.807) is 0 Å². The van der Waals surface area contributed by atoms with Crippen LogP contribution in [0.25, 0.3) is 0 Å². The predicted molar refractivity (Wildman–Crippen MR) is 309 cm³/mol. The molecular weight excluding hydrogens is 879 g/mol. The molecule has 398 valence electrons. The van der Waals surface area contributed by atoms with Crippen LogP contribution in [0.2, 0.25) is 0 Å². The number of rotatable bonds is 52. The van der Waals surface area contributed by atoms with Gasteiger partial charge in [-0.25, -0.2) is 0 Å². The maximum atomic E-state index is 5.26. The van der Waals surface area contributed by atoms with Crippen LogP contribution in [0.15, 0.2) is 76.7 Å². The van der Waals surface area contributed by atoms with E-state index < -0.39 is 0 Å². The first kappa shape index (κ1) is 65.0. The van der Waals surface area contributed by atoms with Crippen LogP contribution in [0.5, 0.6) is 0 Å². The second kappa shape index (κ2) is 53.8. The summed E-state index contributed by atoms with van der Waals surface area (Å²) < 4.78 is 0. The fourth-order valence-corrected chi connectivity index (χ4v) is 10.1. The summed E-state index contributed by atoms with van der Waals surface area (Å²) in [5.41, 5.74) is 4.60. The van der Waals surface area contributed by atoms with Crippen LogP contribution in [0.3, 0.4) is 0 Å². The summed E-state index contributed by atoms with van der Waals surface area (Å²) in [5, 5.41) is 0. The summed E-state index contributed by atoms with van der Waals surface area (Å²) in [5.74, 6) is 0. The Kier molecular flexibility index (Phi) is 50.7. The molecule has 69 heavy (non-hydrogen) atoms. The fraction of sp³-hybridized carbons (Fsp3) is 0.758. The molecule has 0 atom stereocenters. The van der Waals surface area contributed by atoms with E-state index in [2.05, 4.69) is 80.6 Å². The van der Waals surface area contributed by atoms with Crippen molar-refractivity contribution in [2.75, 3.05) is 0 Å². The number of hydrogen-bond acceptors (Lipinski definition) is 2. The van der Waals surface area contributed by atoms with Gasteiger partial charge in [0.25, 0.3) is 0 Å². The molecule has 0 fully saturated rings. The van der Waals surface area contributed by atoms with Gasteiger partial charge in [-0.05, 0) is 68.7 Å². The third kappa shape index (κ3) is 44.4. The van der Waals surface area contributed by atoms with E-state index in [-0.39, 0.29) is 16.5 Å². The predicted octanol–water partition coefficient (Wildman–Crippen LogP) is 23.6. The Morgan fingerprint density at radius 3 is 1.06 bits per heavy atom. The smallest absolute Gasteiger partial charge is 0.0665 e. The molecule has 0 amide bonds. The Hall–Kier alpha value is -1.99. The van der Waals surface area contributed by atoms with E-state index in [4.69, 9.17) is 9.98 Å². The van der Waals surface area contributed by atoms with Crippen LogP contribution in [0.4, 0.5) is 11.4 Å². The van der Waals surface area contributed by atoms with Crippen molar-refractivity contribution < 1.29 is 16.5 Å². The minimum Gasteiger partial charge on any atom is -0.255 e. The number of aliphatic imine (C=N–C) groups is 2. The number of benzene rings is 2. The molecule has 0 unspecified atom stereocenters. The molecule has 2 rings (SSSR count). The summed E-state index contributed by atoms with van der Waals surface area (Å²) in [7, 11) is 0. The molecule has 2 nitrogen and oxygen atoms in total. The van der Waals surface area contributed by atoms with Crippen molar-refractivity contribution in [2.24, 2.45) is 9.98 Å². The van der Waals surface area contributed by atoms with Crippen LogP contribution >= 0.6 is 0 Å². The van der Waals surface area contributed by atoms with Gasteiger partial charge in [0.1, 0.15) is 0 Å². The van der Waals surface area contributed by atoms with Gasteiger partial charge >= 0.3 is 0 Å². The Labute approximate surface area is 441 Å². The van der Waals surface area contributed by atoms with Crippen LogP contribution in [0.1, 0.15) is 321 Å². The Morgan fingerprint density at radius 1 is 0.348 bits per heavy atom. The minimum absolute atomic E-state index is 0. The van der Waals surface area contributed by atoms with Gasteiger partial charge in [0.15, 0.2) is 0 Å². The number of hydrogen-bond donors (Lipinski definition) is 0. The summed E-state index contributed by atoms with van der Waals surface area (Å²) >= 11 is 0. The third-order valence-corrected chi connectivity index (χ3v) is 14.6. The van der Waals surface area contributed by atoms with Crippen molar-refractivity contribution in [2.45, 2.75) is 322 Å². The molecule has 0 aliphatic rings. The quantitative estimate of drug-likeness (QED) is 0.0273. The Balaban J connectivity index is 0.0000238. The molecule has 0 bridgehead atoms. The number of unbranched alkanes of at least 4 members (excludes halogenated alkanes) is 43. The normalized spacial score (nSPS) is 11.9. The molecule has 0 aliphatic heterocycles. The molecule has 0 saturated carbocycles. The second-order valence-electron chi connectivity index (χ2n) is 21.2. The van der Waals surface area contributed by atoms with Gasteiger partial charge in [-0.15, -0.1) is 0 Å². The monoisotopic (exact) mass is 993 g/mol. The van der Waals surface area contributed by atoms with Gasteiger partial charge in [0, 0.05) is 22.7 Å². The van der Waals surface area contributed by atoms with E-state index in [9.17, 15) is 0 Å². The number of aryl methyl sites for hydroxylation is 1. The molecule has 2 aromatic carbocycles. The molecule has 0 spiro atoms. The van der Waals surface area contributed by atoms with E-state index in [1.165, 1.54) is 295 Å². The second-order valence-corrected chi connectivity index (χ2v) is 21.2. The average molecular weight is 994 g/mol. The van der Waals surface area contributed by atoms with Crippen LogP contribution < -0.4 is 0 Å². The fourth-order valence-electron chi connectivity index (χ4n) is 10.1. The van der Waals surface area contributed by atoms with Crippen LogP contribution in [0, 0.1) is 0 Å². The van der Waals surface area contributed by atoms with Gasteiger partial charge in [0.05, 0.1) is 17.1 Å². The largest absolute Gasteiger partial charge is 0.255 e. The van der Waals surface area contributed by atoms with Crippen molar-refractivity contribution >= 4 is 23.3 Å².